The summed E-state index contributed by atoms with van der Waals surface area (Å²) in [6, 6.07) is 0.617. The molecule has 0 aromatic heterocycles. The van der Waals surface area contributed by atoms with Crippen molar-refractivity contribution in [2.75, 3.05) is 13.1 Å². The van der Waals surface area contributed by atoms with Gasteiger partial charge >= 0.3 is 0 Å². The fourth-order valence-electron chi connectivity index (χ4n) is 2.68. The molecule has 2 heteroatoms. The lowest BCUT2D eigenvalue weighted by atomic mass is 9.86. The number of nitrogens with zero attached hydrogens (tertiary/aromatic N) is 1. The van der Waals surface area contributed by atoms with Gasteiger partial charge in [-0.15, -0.1) is 0 Å². The molecular formula is C13H27NO. The predicted molar refractivity (Wildman–Crippen MR) is 65.0 cm³/mol. The third kappa shape index (κ3) is 4.12. The van der Waals surface area contributed by atoms with Crippen molar-refractivity contribution in [2.24, 2.45) is 5.92 Å². The summed E-state index contributed by atoms with van der Waals surface area (Å²) in [6.07, 6.45) is 4.03. The van der Waals surface area contributed by atoms with Gasteiger partial charge in [0.2, 0.25) is 0 Å². The standard InChI is InChI=1S/C13H27NO/c1-11(2)10-13(15)6-5-8-14(9-7-13)12(3)4/h11-12,15H,5-10H2,1-4H3. The van der Waals surface area contributed by atoms with Crippen LogP contribution in [0.2, 0.25) is 0 Å². The van der Waals surface area contributed by atoms with E-state index in [4.69, 9.17) is 0 Å². The maximum Gasteiger partial charge on any atom is 0.0662 e. The van der Waals surface area contributed by atoms with Crippen molar-refractivity contribution < 1.29 is 5.11 Å². The number of rotatable bonds is 3. The Morgan fingerprint density at radius 2 is 1.80 bits per heavy atom. The van der Waals surface area contributed by atoms with Gasteiger partial charge in [0, 0.05) is 12.6 Å². The van der Waals surface area contributed by atoms with Crippen molar-refractivity contribution in [1.82, 2.24) is 4.90 Å². The molecule has 90 valence electrons. The highest BCUT2D eigenvalue weighted by molar-refractivity contribution is 4.85. The average molecular weight is 213 g/mol. The molecule has 1 unspecified atom stereocenters. The highest BCUT2D eigenvalue weighted by Gasteiger charge is 2.31. The predicted octanol–water partition coefficient (Wildman–Crippen LogP) is 2.66. The van der Waals surface area contributed by atoms with Crippen LogP contribution in [-0.4, -0.2) is 34.7 Å². The normalized spacial score (nSPS) is 29.8. The summed E-state index contributed by atoms with van der Waals surface area (Å²) in [7, 11) is 0. The topological polar surface area (TPSA) is 23.5 Å². The van der Waals surface area contributed by atoms with Gasteiger partial charge in [-0.3, -0.25) is 0 Å². The number of aliphatic hydroxyl groups is 1. The second kappa shape index (κ2) is 5.31. The van der Waals surface area contributed by atoms with E-state index in [0.717, 1.165) is 38.8 Å². The zero-order valence-corrected chi connectivity index (χ0v) is 10.8. The van der Waals surface area contributed by atoms with Crippen LogP contribution < -0.4 is 0 Å². The zero-order chi connectivity index (χ0) is 11.5. The van der Waals surface area contributed by atoms with E-state index in [0.29, 0.717) is 12.0 Å². The lowest BCUT2D eigenvalue weighted by molar-refractivity contribution is 0.00520. The average Bonchev–Trinajstić information content (AvgIpc) is 2.25. The van der Waals surface area contributed by atoms with Gasteiger partial charge in [-0.1, -0.05) is 13.8 Å². The Hall–Kier alpha value is -0.0800. The van der Waals surface area contributed by atoms with Crippen molar-refractivity contribution >= 4 is 0 Å². The summed E-state index contributed by atoms with van der Waals surface area (Å²) >= 11 is 0. The van der Waals surface area contributed by atoms with Gasteiger partial charge in [0.1, 0.15) is 0 Å². The van der Waals surface area contributed by atoms with Gasteiger partial charge in [-0.05, 0) is 52.0 Å². The molecule has 1 N–H and O–H groups in total. The summed E-state index contributed by atoms with van der Waals surface area (Å²) < 4.78 is 0. The maximum absolute atomic E-state index is 10.5. The number of likely N-dealkylation sites (tertiary alicyclic amines) is 1. The third-order valence-electron chi connectivity index (χ3n) is 3.47. The molecule has 0 aromatic carbocycles. The van der Waals surface area contributed by atoms with Gasteiger partial charge in [-0.2, -0.15) is 0 Å². The second-order valence-corrected chi connectivity index (χ2v) is 5.81. The first kappa shape index (κ1) is 13.0. The third-order valence-corrected chi connectivity index (χ3v) is 3.47. The molecule has 0 aromatic rings. The lowest BCUT2D eigenvalue weighted by Crippen LogP contribution is -2.35. The van der Waals surface area contributed by atoms with Crippen LogP contribution in [-0.2, 0) is 0 Å². The first-order valence-electron chi connectivity index (χ1n) is 6.39. The molecule has 2 nitrogen and oxygen atoms in total. The minimum atomic E-state index is -0.391. The van der Waals surface area contributed by atoms with Gasteiger partial charge in [0.05, 0.1) is 5.60 Å². The van der Waals surface area contributed by atoms with E-state index in [-0.39, 0.29) is 0 Å². The summed E-state index contributed by atoms with van der Waals surface area (Å²) in [6.45, 7) is 11.1. The van der Waals surface area contributed by atoms with Crippen molar-refractivity contribution in [1.29, 1.82) is 0 Å². The fraction of sp³-hybridized carbons (Fsp3) is 1.00. The molecule has 1 saturated heterocycles. The molecule has 0 amide bonds. The van der Waals surface area contributed by atoms with E-state index in [1.54, 1.807) is 0 Å². The van der Waals surface area contributed by atoms with E-state index in [9.17, 15) is 5.11 Å². The smallest absolute Gasteiger partial charge is 0.0662 e. The van der Waals surface area contributed by atoms with Gasteiger partial charge in [0.25, 0.3) is 0 Å². The SMILES string of the molecule is CC(C)CC1(O)CCCN(C(C)C)CC1. The quantitative estimate of drug-likeness (QED) is 0.779. The summed E-state index contributed by atoms with van der Waals surface area (Å²) in [5.41, 5.74) is -0.391. The molecule has 0 bridgehead atoms. The van der Waals surface area contributed by atoms with Gasteiger partial charge in [0.15, 0.2) is 0 Å². The van der Waals surface area contributed by atoms with Crippen LogP contribution in [0, 0.1) is 5.92 Å². The van der Waals surface area contributed by atoms with Gasteiger partial charge < -0.3 is 10.0 Å². The molecular weight excluding hydrogens is 186 g/mol. The minimum absolute atomic E-state index is 0.391. The van der Waals surface area contributed by atoms with Crippen molar-refractivity contribution in [3.8, 4) is 0 Å². The highest BCUT2D eigenvalue weighted by atomic mass is 16.3. The molecule has 1 fully saturated rings. The molecule has 0 aliphatic carbocycles. The summed E-state index contributed by atoms with van der Waals surface area (Å²) in [5.74, 6) is 0.598. The van der Waals surface area contributed by atoms with Crippen molar-refractivity contribution in [3.05, 3.63) is 0 Å². The molecule has 15 heavy (non-hydrogen) atoms. The van der Waals surface area contributed by atoms with Crippen molar-refractivity contribution in [3.63, 3.8) is 0 Å². The molecule has 1 aliphatic rings. The molecule has 1 rings (SSSR count). The molecule has 0 radical (unpaired) electrons. The molecule has 1 heterocycles. The Bertz CT molecular complexity index is 191. The summed E-state index contributed by atoms with van der Waals surface area (Å²) in [5, 5.41) is 10.5. The Kier molecular flexibility index (Phi) is 4.60. The van der Waals surface area contributed by atoms with Crippen LogP contribution in [0.25, 0.3) is 0 Å². The Balaban J connectivity index is 2.51. The van der Waals surface area contributed by atoms with E-state index in [1.807, 2.05) is 0 Å². The van der Waals surface area contributed by atoms with Crippen LogP contribution in [0.1, 0.15) is 53.4 Å². The Morgan fingerprint density at radius 3 is 2.33 bits per heavy atom. The molecule has 0 saturated carbocycles. The zero-order valence-electron chi connectivity index (χ0n) is 10.8. The Labute approximate surface area is 94.7 Å². The lowest BCUT2D eigenvalue weighted by Gasteiger charge is -2.29. The number of hydrogen-bond donors (Lipinski definition) is 1. The molecule has 1 atom stereocenters. The molecule has 1 aliphatic heterocycles. The largest absolute Gasteiger partial charge is 0.390 e. The van der Waals surface area contributed by atoms with E-state index >= 15 is 0 Å². The van der Waals surface area contributed by atoms with Crippen LogP contribution in [0.15, 0.2) is 0 Å². The number of hydrogen-bond acceptors (Lipinski definition) is 2. The Morgan fingerprint density at radius 1 is 1.13 bits per heavy atom. The van der Waals surface area contributed by atoms with E-state index < -0.39 is 5.60 Å². The molecule has 0 spiro atoms. The second-order valence-electron chi connectivity index (χ2n) is 5.81. The van der Waals surface area contributed by atoms with Crippen LogP contribution in [0.4, 0.5) is 0 Å². The first-order valence-corrected chi connectivity index (χ1v) is 6.39. The van der Waals surface area contributed by atoms with E-state index in [2.05, 4.69) is 32.6 Å². The monoisotopic (exact) mass is 213 g/mol. The van der Waals surface area contributed by atoms with Crippen LogP contribution >= 0.6 is 0 Å². The van der Waals surface area contributed by atoms with Crippen LogP contribution in [0.5, 0.6) is 0 Å². The minimum Gasteiger partial charge on any atom is -0.390 e. The summed E-state index contributed by atoms with van der Waals surface area (Å²) in [4.78, 5) is 2.48. The fourth-order valence-corrected chi connectivity index (χ4v) is 2.68. The highest BCUT2D eigenvalue weighted by Crippen LogP contribution is 2.29. The first-order chi connectivity index (χ1) is 6.93. The van der Waals surface area contributed by atoms with Crippen molar-refractivity contribution in [2.45, 2.75) is 65.0 Å². The van der Waals surface area contributed by atoms with Crippen LogP contribution in [0.3, 0.4) is 0 Å². The maximum atomic E-state index is 10.5. The van der Waals surface area contributed by atoms with E-state index in [1.165, 1.54) is 0 Å². The van der Waals surface area contributed by atoms with Gasteiger partial charge in [-0.25, -0.2) is 0 Å².